The molecule has 0 fully saturated rings. The maximum atomic E-state index is 8.71. The van der Waals surface area contributed by atoms with E-state index in [2.05, 4.69) is 16.4 Å². The second-order valence-electron chi connectivity index (χ2n) is 4.10. The van der Waals surface area contributed by atoms with Crippen LogP contribution in [0.2, 0.25) is 0 Å². The van der Waals surface area contributed by atoms with E-state index in [0.717, 1.165) is 16.9 Å². The first-order valence-corrected chi connectivity index (χ1v) is 5.64. The average molecular weight is 238 g/mol. The number of benzene rings is 1. The molecule has 1 aromatic heterocycles. The van der Waals surface area contributed by atoms with E-state index in [9.17, 15) is 0 Å². The van der Waals surface area contributed by atoms with E-state index in [0.29, 0.717) is 17.8 Å². The smallest absolute Gasteiger partial charge is 0.129 e. The minimum absolute atomic E-state index is 0.663. The summed E-state index contributed by atoms with van der Waals surface area (Å²) in [5, 5.41) is 12.0. The highest BCUT2D eigenvalue weighted by molar-refractivity contribution is 5.51. The van der Waals surface area contributed by atoms with Gasteiger partial charge in [0.1, 0.15) is 5.82 Å². The van der Waals surface area contributed by atoms with Crippen LogP contribution in [0.3, 0.4) is 0 Å². The zero-order chi connectivity index (χ0) is 13.0. The van der Waals surface area contributed by atoms with Crippen molar-refractivity contribution in [3.05, 3.63) is 53.2 Å². The van der Waals surface area contributed by atoms with Crippen molar-refractivity contribution in [2.45, 2.75) is 13.5 Å². The molecule has 4 heteroatoms. The van der Waals surface area contributed by atoms with Gasteiger partial charge in [0.25, 0.3) is 0 Å². The first-order chi connectivity index (χ1) is 8.69. The summed E-state index contributed by atoms with van der Waals surface area (Å²) < 4.78 is 0. The summed E-state index contributed by atoms with van der Waals surface area (Å²) in [6.45, 7) is 2.63. The molecule has 1 heterocycles. The Morgan fingerprint density at radius 3 is 2.67 bits per heavy atom. The molecule has 0 atom stereocenters. The number of nitrogens with two attached hydrogens (primary N) is 1. The largest absolute Gasteiger partial charge is 0.397 e. The van der Waals surface area contributed by atoms with Gasteiger partial charge < -0.3 is 11.1 Å². The monoisotopic (exact) mass is 238 g/mol. The molecule has 0 amide bonds. The number of anilines is 2. The topological polar surface area (TPSA) is 74.7 Å². The van der Waals surface area contributed by atoms with Gasteiger partial charge >= 0.3 is 0 Å². The molecule has 1 aromatic carbocycles. The maximum absolute atomic E-state index is 8.71. The number of hydrogen-bond acceptors (Lipinski definition) is 4. The first-order valence-electron chi connectivity index (χ1n) is 5.64. The summed E-state index contributed by atoms with van der Waals surface area (Å²) in [4.78, 5) is 4.24. The molecule has 3 N–H and O–H groups in total. The Morgan fingerprint density at radius 2 is 2.06 bits per heavy atom. The third kappa shape index (κ3) is 2.77. The summed E-state index contributed by atoms with van der Waals surface area (Å²) in [5.41, 5.74) is 9.10. The number of rotatable bonds is 3. The van der Waals surface area contributed by atoms with E-state index in [-0.39, 0.29) is 0 Å². The van der Waals surface area contributed by atoms with E-state index >= 15 is 0 Å². The van der Waals surface area contributed by atoms with E-state index in [1.54, 1.807) is 18.3 Å². The van der Waals surface area contributed by atoms with Crippen molar-refractivity contribution >= 4 is 11.5 Å². The van der Waals surface area contributed by atoms with Crippen molar-refractivity contribution in [3.63, 3.8) is 0 Å². The fourth-order valence-corrected chi connectivity index (χ4v) is 1.66. The Hall–Kier alpha value is -2.54. The van der Waals surface area contributed by atoms with Crippen LogP contribution in [-0.4, -0.2) is 4.98 Å². The second-order valence-corrected chi connectivity index (χ2v) is 4.10. The SMILES string of the molecule is Cc1cc(N)cnc1NCc1ccc(C#N)cc1. The van der Waals surface area contributed by atoms with Crippen LogP contribution in [0.5, 0.6) is 0 Å². The molecular weight excluding hydrogens is 224 g/mol. The Kier molecular flexibility index (Phi) is 3.44. The van der Waals surface area contributed by atoms with Crippen molar-refractivity contribution in [3.8, 4) is 6.07 Å². The Labute approximate surface area is 106 Å². The molecule has 0 aliphatic heterocycles. The van der Waals surface area contributed by atoms with Gasteiger partial charge in [0, 0.05) is 6.54 Å². The second kappa shape index (κ2) is 5.19. The number of nitriles is 1. The van der Waals surface area contributed by atoms with Gasteiger partial charge in [-0.3, -0.25) is 0 Å². The lowest BCUT2D eigenvalue weighted by atomic mass is 10.1. The summed E-state index contributed by atoms with van der Waals surface area (Å²) in [7, 11) is 0. The number of aromatic nitrogens is 1. The van der Waals surface area contributed by atoms with Gasteiger partial charge in [-0.2, -0.15) is 5.26 Å². The molecule has 0 unspecified atom stereocenters. The van der Waals surface area contributed by atoms with Gasteiger partial charge in [0.2, 0.25) is 0 Å². The molecule has 90 valence electrons. The highest BCUT2D eigenvalue weighted by atomic mass is 15.0. The summed E-state index contributed by atoms with van der Waals surface area (Å²) in [6, 6.07) is 11.4. The van der Waals surface area contributed by atoms with Gasteiger partial charge in [-0.25, -0.2) is 4.98 Å². The van der Waals surface area contributed by atoms with Crippen LogP contribution in [0.1, 0.15) is 16.7 Å². The van der Waals surface area contributed by atoms with Crippen molar-refractivity contribution in [1.29, 1.82) is 5.26 Å². The number of nitrogens with one attached hydrogen (secondary N) is 1. The first kappa shape index (κ1) is 11.9. The Bertz CT molecular complexity index is 582. The summed E-state index contributed by atoms with van der Waals surface area (Å²) in [5.74, 6) is 0.827. The standard InChI is InChI=1S/C14H14N4/c1-10-6-13(16)9-18-14(10)17-8-12-4-2-11(7-15)3-5-12/h2-6,9H,8,16H2,1H3,(H,17,18). The van der Waals surface area contributed by atoms with Crippen molar-refractivity contribution in [2.24, 2.45) is 0 Å². The molecule has 0 aliphatic carbocycles. The van der Waals surface area contributed by atoms with Crippen molar-refractivity contribution in [2.75, 3.05) is 11.1 Å². The van der Waals surface area contributed by atoms with Gasteiger partial charge in [0.15, 0.2) is 0 Å². The number of hydrogen-bond donors (Lipinski definition) is 2. The molecule has 0 saturated carbocycles. The Morgan fingerprint density at radius 1 is 1.33 bits per heavy atom. The Balaban J connectivity index is 2.04. The highest BCUT2D eigenvalue weighted by Gasteiger charge is 2.00. The molecule has 0 bridgehead atoms. The number of aryl methyl sites for hydroxylation is 1. The summed E-state index contributed by atoms with van der Waals surface area (Å²) >= 11 is 0. The van der Waals surface area contributed by atoms with Gasteiger partial charge in [0.05, 0.1) is 23.5 Å². The van der Waals surface area contributed by atoms with Crippen LogP contribution >= 0.6 is 0 Å². The molecule has 0 radical (unpaired) electrons. The van der Waals surface area contributed by atoms with Crippen LogP contribution in [0.25, 0.3) is 0 Å². The van der Waals surface area contributed by atoms with Crippen LogP contribution in [0.4, 0.5) is 11.5 Å². The molecular formula is C14H14N4. The van der Waals surface area contributed by atoms with Crippen LogP contribution in [0.15, 0.2) is 36.5 Å². The molecule has 2 aromatic rings. The van der Waals surface area contributed by atoms with Crippen molar-refractivity contribution in [1.82, 2.24) is 4.98 Å². The number of nitrogens with zero attached hydrogens (tertiary/aromatic N) is 2. The minimum Gasteiger partial charge on any atom is -0.397 e. The fraction of sp³-hybridized carbons (Fsp3) is 0.143. The predicted octanol–water partition coefficient (Wildman–Crippen LogP) is 2.46. The van der Waals surface area contributed by atoms with E-state index in [1.165, 1.54) is 0 Å². The average Bonchev–Trinajstić information content (AvgIpc) is 2.38. The predicted molar refractivity (Wildman–Crippen MR) is 71.9 cm³/mol. The molecule has 0 aliphatic rings. The van der Waals surface area contributed by atoms with Gasteiger partial charge in [-0.15, -0.1) is 0 Å². The molecule has 4 nitrogen and oxygen atoms in total. The maximum Gasteiger partial charge on any atom is 0.129 e. The summed E-state index contributed by atoms with van der Waals surface area (Å²) in [6.07, 6.45) is 1.63. The molecule has 18 heavy (non-hydrogen) atoms. The molecule has 0 saturated heterocycles. The normalized spacial score (nSPS) is 9.78. The molecule has 0 spiro atoms. The third-order valence-electron chi connectivity index (χ3n) is 2.64. The minimum atomic E-state index is 0.663. The zero-order valence-corrected chi connectivity index (χ0v) is 10.1. The number of pyridine rings is 1. The highest BCUT2D eigenvalue weighted by Crippen LogP contribution is 2.15. The van der Waals surface area contributed by atoms with E-state index in [1.807, 2.05) is 25.1 Å². The quantitative estimate of drug-likeness (QED) is 0.861. The third-order valence-corrected chi connectivity index (χ3v) is 2.64. The lowest BCUT2D eigenvalue weighted by Gasteiger charge is -2.09. The lowest BCUT2D eigenvalue weighted by Crippen LogP contribution is -2.03. The molecule has 2 rings (SSSR count). The fourth-order valence-electron chi connectivity index (χ4n) is 1.66. The van der Waals surface area contributed by atoms with Gasteiger partial charge in [-0.05, 0) is 36.2 Å². The van der Waals surface area contributed by atoms with Crippen LogP contribution in [-0.2, 0) is 6.54 Å². The van der Waals surface area contributed by atoms with Gasteiger partial charge in [-0.1, -0.05) is 12.1 Å². The zero-order valence-electron chi connectivity index (χ0n) is 10.1. The number of nitrogen functional groups attached to an aromatic ring is 1. The lowest BCUT2D eigenvalue weighted by molar-refractivity contribution is 1.10. The van der Waals surface area contributed by atoms with Crippen LogP contribution in [0, 0.1) is 18.3 Å². The van der Waals surface area contributed by atoms with Crippen molar-refractivity contribution < 1.29 is 0 Å². The van der Waals surface area contributed by atoms with Crippen LogP contribution < -0.4 is 11.1 Å². The van der Waals surface area contributed by atoms with E-state index < -0.39 is 0 Å². The van der Waals surface area contributed by atoms with E-state index in [4.69, 9.17) is 11.0 Å².